The first kappa shape index (κ1) is 13.1. The number of anilines is 2. The van der Waals surface area contributed by atoms with E-state index in [4.69, 9.17) is 10.5 Å². The van der Waals surface area contributed by atoms with Gasteiger partial charge in [-0.3, -0.25) is 0 Å². The van der Waals surface area contributed by atoms with Crippen molar-refractivity contribution in [2.24, 2.45) is 0 Å². The Morgan fingerprint density at radius 2 is 1.84 bits per heavy atom. The summed E-state index contributed by atoms with van der Waals surface area (Å²) in [6, 6.07) is 13.0. The number of aryl methyl sites for hydroxylation is 1. The number of aromatic nitrogens is 1. The van der Waals surface area contributed by atoms with Gasteiger partial charge in [-0.1, -0.05) is 15.9 Å². The Labute approximate surface area is 119 Å². The van der Waals surface area contributed by atoms with Crippen molar-refractivity contribution in [1.29, 1.82) is 10.5 Å². The van der Waals surface area contributed by atoms with Crippen LogP contribution in [0.4, 0.5) is 11.5 Å². The van der Waals surface area contributed by atoms with E-state index in [9.17, 15) is 0 Å². The number of hydrogen-bond donors (Lipinski definition) is 1. The average Bonchev–Trinajstić information content (AvgIpc) is 2.41. The van der Waals surface area contributed by atoms with Gasteiger partial charge in [-0.15, -0.1) is 0 Å². The van der Waals surface area contributed by atoms with Crippen LogP contribution in [-0.2, 0) is 0 Å². The fourth-order valence-electron chi connectivity index (χ4n) is 1.59. The number of benzene rings is 1. The van der Waals surface area contributed by atoms with Gasteiger partial charge in [0.25, 0.3) is 0 Å². The molecule has 2 rings (SSSR count). The summed E-state index contributed by atoms with van der Waals surface area (Å²) in [5, 5.41) is 21.2. The Morgan fingerprint density at radius 3 is 2.53 bits per heavy atom. The minimum Gasteiger partial charge on any atom is -0.338 e. The van der Waals surface area contributed by atoms with Crippen molar-refractivity contribution in [3.63, 3.8) is 0 Å². The van der Waals surface area contributed by atoms with Crippen LogP contribution in [0.3, 0.4) is 0 Å². The molecule has 0 amide bonds. The molecular weight excluding hydrogens is 304 g/mol. The van der Waals surface area contributed by atoms with Gasteiger partial charge >= 0.3 is 0 Å². The Bertz CT molecular complexity index is 710. The van der Waals surface area contributed by atoms with E-state index in [0.717, 1.165) is 10.2 Å². The normalized spacial score (nSPS) is 9.47. The van der Waals surface area contributed by atoms with E-state index in [1.54, 1.807) is 24.3 Å². The molecule has 0 aliphatic heterocycles. The molecule has 1 aromatic heterocycles. The zero-order valence-electron chi connectivity index (χ0n) is 10.1. The minimum absolute atomic E-state index is 0.442. The lowest BCUT2D eigenvalue weighted by Gasteiger charge is -2.09. The summed E-state index contributed by atoms with van der Waals surface area (Å²) in [5.74, 6) is 0.460. The quantitative estimate of drug-likeness (QED) is 0.918. The second-order valence-electron chi connectivity index (χ2n) is 3.89. The van der Waals surface area contributed by atoms with Gasteiger partial charge in [0.2, 0.25) is 0 Å². The summed E-state index contributed by atoms with van der Waals surface area (Å²) < 4.78 is 0.826. The van der Waals surface area contributed by atoms with Crippen molar-refractivity contribution in [2.75, 3.05) is 5.32 Å². The largest absolute Gasteiger partial charge is 0.338 e. The maximum Gasteiger partial charge on any atom is 0.148 e. The van der Waals surface area contributed by atoms with Gasteiger partial charge in [0.05, 0.1) is 16.8 Å². The molecule has 1 N–H and O–H groups in total. The summed E-state index contributed by atoms with van der Waals surface area (Å²) in [6.07, 6.45) is 0. The third-order valence-electron chi connectivity index (χ3n) is 2.51. The minimum atomic E-state index is 0.442. The Hall–Kier alpha value is -2.37. The van der Waals surface area contributed by atoms with Crippen LogP contribution in [0.25, 0.3) is 0 Å². The van der Waals surface area contributed by atoms with Gasteiger partial charge in [0, 0.05) is 10.2 Å². The maximum atomic E-state index is 9.11. The topological polar surface area (TPSA) is 72.5 Å². The Kier molecular flexibility index (Phi) is 3.79. The molecule has 92 valence electrons. The average molecular weight is 313 g/mol. The van der Waals surface area contributed by atoms with Gasteiger partial charge in [0.1, 0.15) is 18.0 Å². The molecule has 5 heteroatoms. The monoisotopic (exact) mass is 312 g/mol. The van der Waals surface area contributed by atoms with Crippen LogP contribution in [-0.4, -0.2) is 4.98 Å². The van der Waals surface area contributed by atoms with Crippen LogP contribution in [0.5, 0.6) is 0 Å². The lowest BCUT2D eigenvalue weighted by atomic mass is 10.2. The van der Waals surface area contributed by atoms with Crippen LogP contribution >= 0.6 is 15.9 Å². The lowest BCUT2D eigenvalue weighted by Crippen LogP contribution is -2.00. The number of nitrogens with zero attached hydrogens (tertiary/aromatic N) is 3. The van der Waals surface area contributed by atoms with Crippen LogP contribution in [0.1, 0.15) is 16.8 Å². The predicted molar refractivity (Wildman–Crippen MR) is 75.8 cm³/mol. The van der Waals surface area contributed by atoms with Crippen LogP contribution in [0, 0.1) is 29.6 Å². The molecular formula is C14H9BrN4. The molecule has 0 unspecified atom stereocenters. The highest BCUT2D eigenvalue weighted by atomic mass is 79.9. The van der Waals surface area contributed by atoms with Gasteiger partial charge < -0.3 is 5.32 Å². The molecule has 0 spiro atoms. The third-order valence-corrected chi connectivity index (χ3v) is 3.00. The Balaban J connectivity index is 2.45. The zero-order chi connectivity index (χ0) is 13.8. The Morgan fingerprint density at radius 1 is 1.11 bits per heavy atom. The summed E-state index contributed by atoms with van der Waals surface area (Å²) in [5.41, 5.74) is 2.36. The number of halogens is 1. The van der Waals surface area contributed by atoms with Crippen LogP contribution < -0.4 is 5.32 Å². The molecule has 1 aromatic carbocycles. The molecule has 4 nitrogen and oxygen atoms in total. The SMILES string of the molecule is Cc1ccc(C#N)c(Nc2ccc(Br)cc2C#N)n1. The first-order valence-corrected chi connectivity index (χ1v) is 6.28. The van der Waals surface area contributed by atoms with E-state index in [1.165, 1.54) is 0 Å². The zero-order valence-corrected chi connectivity index (χ0v) is 11.7. The number of hydrogen-bond acceptors (Lipinski definition) is 4. The first-order chi connectivity index (χ1) is 9.13. The predicted octanol–water partition coefficient (Wildman–Crippen LogP) is 3.64. The number of nitrogens with one attached hydrogen (secondary N) is 1. The molecule has 19 heavy (non-hydrogen) atoms. The van der Waals surface area contributed by atoms with Crippen molar-refractivity contribution in [3.05, 3.63) is 51.6 Å². The van der Waals surface area contributed by atoms with E-state index in [0.29, 0.717) is 22.6 Å². The maximum absolute atomic E-state index is 9.11. The molecule has 0 bridgehead atoms. The van der Waals surface area contributed by atoms with Crippen LogP contribution in [0.2, 0.25) is 0 Å². The van der Waals surface area contributed by atoms with E-state index in [1.807, 2.05) is 13.0 Å². The highest BCUT2D eigenvalue weighted by Gasteiger charge is 2.08. The van der Waals surface area contributed by atoms with Crippen molar-refractivity contribution in [3.8, 4) is 12.1 Å². The number of nitriles is 2. The summed E-state index contributed by atoms with van der Waals surface area (Å²) in [4.78, 5) is 4.28. The molecule has 0 aliphatic carbocycles. The second kappa shape index (κ2) is 5.51. The second-order valence-corrected chi connectivity index (χ2v) is 4.80. The molecule has 0 saturated heterocycles. The summed E-state index contributed by atoms with van der Waals surface area (Å²) >= 11 is 3.32. The van der Waals surface area contributed by atoms with Crippen molar-refractivity contribution in [2.45, 2.75) is 6.92 Å². The number of rotatable bonds is 2. The molecule has 0 aliphatic rings. The standard InChI is InChI=1S/C14H9BrN4/c1-9-2-3-10(7-16)14(18-9)19-13-5-4-12(15)6-11(13)8-17/h2-6H,1H3,(H,18,19). The van der Waals surface area contributed by atoms with Gasteiger partial charge in [-0.05, 0) is 37.3 Å². The summed E-state index contributed by atoms with van der Waals surface area (Å²) in [7, 11) is 0. The van der Waals surface area contributed by atoms with E-state index in [2.05, 4.69) is 38.4 Å². The van der Waals surface area contributed by atoms with Crippen molar-refractivity contribution < 1.29 is 0 Å². The fraction of sp³-hybridized carbons (Fsp3) is 0.0714. The molecule has 2 aromatic rings. The van der Waals surface area contributed by atoms with Gasteiger partial charge in [0.15, 0.2) is 0 Å². The van der Waals surface area contributed by atoms with E-state index in [-0.39, 0.29) is 0 Å². The lowest BCUT2D eigenvalue weighted by molar-refractivity contribution is 1.18. The van der Waals surface area contributed by atoms with E-state index < -0.39 is 0 Å². The first-order valence-electron chi connectivity index (χ1n) is 5.48. The number of pyridine rings is 1. The molecule has 0 saturated carbocycles. The van der Waals surface area contributed by atoms with Gasteiger partial charge in [-0.2, -0.15) is 10.5 Å². The smallest absolute Gasteiger partial charge is 0.148 e. The third kappa shape index (κ3) is 2.90. The molecule has 0 fully saturated rings. The molecule has 0 atom stereocenters. The van der Waals surface area contributed by atoms with Crippen molar-refractivity contribution in [1.82, 2.24) is 4.98 Å². The highest BCUT2D eigenvalue weighted by molar-refractivity contribution is 9.10. The van der Waals surface area contributed by atoms with E-state index >= 15 is 0 Å². The highest BCUT2D eigenvalue weighted by Crippen LogP contribution is 2.24. The molecule has 1 heterocycles. The fourth-order valence-corrected chi connectivity index (χ4v) is 1.95. The van der Waals surface area contributed by atoms with Gasteiger partial charge in [-0.25, -0.2) is 4.98 Å². The van der Waals surface area contributed by atoms with Crippen LogP contribution in [0.15, 0.2) is 34.8 Å². The molecule has 0 radical (unpaired) electrons. The summed E-state index contributed by atoms with van der Waals surface area (Å²) in [6.45, 7) is 1.85. The van der Waals surface area contributed by atoms with Crippen molar-refractivity contribution >= 4 is 27.4 Å².